The highest BCUT2D eigenvalue weighted by molar-refractivity contribution is 7.90. The van der Waals surface area contributed by atoms with Crippen molar-refractivity contribution in [2.75, 3.05) is 18.6 Å². The van der Waals surface area contributed by atoms with Gasteiger partial charge in [0.05, 0.1) is 5.56 Å². The van der Waals surface area contributed by atoms with Crippen LogP contribution in [0.3, 0.4) is 0 Å². The fourth-order valence-corrected chi connectivity index (χ4v) is 2.22. The van der Waals surface area contributed by atoms with E-state index in [4.69, 9.17) is 5.73 Å². The van der Waals surface area contributed by atoms with Crippen LogP contribution in [-0.2, 0) is 16.3 Å². The Labute approximate surface area is 107 Å². The molecule has 1 rings (SSSR count). The highest BCUT2D eigenvalue weighted by atomic mass is 32.2. The Morgan fingerprint density at radius 1 is 1.56 bits per heavy atom. The molecule has 0 bridgehead atoms. The van der Waals surface area contributed by atoms with Gasteiger partial charge in [0.15, 0.2) is 14.9 Å². The number of sulfone groups is 1. The van der Waals surface area contributed by atoms with E-state index in [-0.39, 0.29) is 16.4 Å². The number of carbonyl (C=O) groups excluding carboxylic acids is 1. The van der Waals surface area contributed by atoms with Crippen LogP contribution >= 0.6 is 0 Å². The predicted octanol–water partition coefficient (Wildman–Crippen LogP) is 0.392. The maximum Gasteiger partial charge on any atom is 0.252 e. The largest absolute Gasteiger partial charge is 0.372 e. The minimum atomic E-state index is -3.44. The molecule has 6 nitrogen and oxygen atoms in total. The molecule has 0 aliphatic heterocycles. The van der Waals surface area contributed by atoms with E-state index in [1.54, 1.807) is 7.05 Å². The molecular formula is C11H16N3O3S. The smallest absolute Gasteiger partial charge is 0.252 e. The zero-order valence-electron chi connectivity index (χ0n) is 10.4. The van der Waals surface area contributed by atoms with E-state index in [2.05, 4.69) is 17.2 Å². The highest BCUT2D eigenvalue weighted by Gasteiger charge is 2.19. The summed E-state index contributed by atoms with van der Waals surface area (Å²) in [6.45, 7) is 3.69. The molecule has 0 aliphatic rings. The van der Waals surface area contributed by atoms with Gasteiger partial charge in [0.25, 0.3) is 5.91 Å². The standard InChI is InChI=1S/C11H16N3O3S/c1-4-5-7-6-8(18(3,16)17)14-11(13-2)9(7)10(12)15/h6H,1,4-5H2,2-3H3,(H2,12,15)(H,13,14). The van der Waals surface area contributed by atoms with Crippen molar-refractivity contribution in [2.45, 2.75) is 17.9 Å². The van der Waals surface area contributed by atoms with E-state index in [1.807, 2.05) is 0 Å². The molecule has 0 unspecified atom stereocenters. The molecule has 18 heavy (non-hydrogen) atoms. The lowest BCUT2D eigenvalue weighted by Crippen LogP contribution is -2.19. The quantitative estimate of drug-likeness (QED) is 0.806. The number of nitrogens with one attached hydrogen (secondary N) is 1. The van der Waals surface area contributed by atoms with Crippen molar-refractivity contribution in [3.05, 3.63) is 24.1 Å². The van der Waals surface area contributed by atoms with Crippen molar-refractivity contribution in [1.82, 2.24) is 4.98 Å². The van der Waals surface area contributed by atoms with Crippen LogP contribution in [0, 0.1) is 6.92 Å². The van der Waals surface area contributed by atoms with Crippen LogP contribution in [0.2, 0.25) is 0 Å². The molecular weight excluding hydrogens is 254 g/mol. The topological polar surface area (TPSA) is 102 Å². The molecule has 1 radical (unpaired) electrons. The zero-order valence-corrected chi connectivity index (χ0v) is 11.2. The van der Waals surface area contributed by atoms with E-state index in [0.717, 1.165) is 6.26 Å². The molecule has 7 heteroatoms. The third-order valence-electron chi connectivity index (χ3n) is 2.39. The van der Waals surface area contributed by atoms with Gasteiger partial charge in [-0.1, -0.05) is 6.92 Å². The van der Waals surface area contributed by atoms with Gasteiger partial charge < -0.3 is 11.1 Å². The van der Waals surface area contributed by atoms with Crippen LogP contribution in [0.1, 0.15) is 22.3 Å². The van der Waals surface area contributed by atoms with E-state index in [0.29, 0.717) is 18.4 Å². The van der Waals surface area contributed by atoms with Crippen LogP contribution in [-0.4, -0.2) is 32.6 Å². The van der Waals surface area contributed by atoms with Crippen molar-refractivity contribution in [1.29, 1.82) is 0 Å². The fraction of sp³-hybridized carbons (Fsp3) is 0.364. The Balaban J connectivity index is 3.58. The number of nitrogens with zero attached hydrogens (tertiary/aromatic N) is 1. The molecule has 1 amide bonds. The average molecular weight is 270 g/mol. The normalized spacial score (nSPS) is 11.3. The number of amides is 1. The first-order chi connectivity index (χ1) is 8.31. The summed E-state index contributed by atoms with van der Waals surface area (Å²) in [5, 5.41) is 2.61. The second kappa shape index (κ2) is 5.34. The zero-order chi connectivity index (χ0) is 13.9. The van der Waals surface area contributed by atoms with Crippen molar-refractivity contribution in [2.24, 2.45) is 5.73 Å². The first kappa shape index (κ1) is 14.4. The minimum Gasteiger partial charge on any atom is -0.372 e. The van der Waals surface area contributed by atoms with Crippen molar-refractivity contribution >= 4 is 21.6 Å². The van der Waals surface area contributed by atoms with Gasteiger partial charge in [-0.3, -0.25) is 4.79 Å². The molecule has 99 valence electrons. The van der Waals surface area contributed by atoms with Crippen LogP contribution < -0.4 is 11.1 Å². The van der Waals surface area contributed by atoms with Gasteiger partial charge in [0.1, 0.15) is 5.82 Å². The molecule has 0 fully saturated rings. The van der Waals surface area contributed by atoms with Gasteiger partial charge in [-0.05, 0) is 24.5 Å². The summed E-state index contributed by atoms with van der Waals surface area (Å²) in [4.78, 5) is 15.3. The third-order valence-corrected chi connectivity index (χ3v) is 3.36. The third kappa shape index (κ3) is 2.98. The van der Waals surface area contributed by atoms with Crippen LogP contribution in [0.15, 0.2) is 11.1 Å². The number of anilines is 1. The molecule has 1 aromatic rings. The molecule has 1 heterocycles. The molecule has 0 saturated carbocycles. The Kier molecular flexibility index (Phi) is 4.28. The summed E-state index contributed by atoms with van der Waals surface area (Å²) in [5.41, 5.74) is 6.05. The molecule has 3 N–H and O–H groups in total. The number of hydrogen-bond donors (Lipinski definition) is 2. The number of hydrogen-bond acceptors (Lipinski definition) is 5. The number of aryl methyl sites for hydroxylation is 1. The number of rotatable bonds is 5. The summed E-state index contributed by atoms with van der Waals surface area (Å²) in [7, 11) is -1.89. The Morgan fingerprint density at radius 3 is 2.56 bits per heavy atom. The minimum absolute atomic E-state index is 0.0831. The Hall–Kier alpha value is -1.63. The summed E-state index contributed by atoms with van der Waals surface area (Å²) in [5.74, 6) is -0.468. The molecule has 1 aromatic heterocycles. The molecule has 0 aromatic carbocycles. The number of carbonyl (C=O) groups is 1. The first-order valence-electron chi connectivity index (χ1n) is 5.32. The number of aromatic nitrogens is 1. The van der Waals surface area contributed by atoms with Crippen molar-refractivity contribution in [3.8, 4) is 0 Å². The number of nitrogens with two attached hydrogens (primary N) is 1. The summed E-state index contributed by atoms with van der Waals surface area (Å²) in [6, 6.07) is 1.38. The Morgan fingerprint density at radius 2 is 2.17 bits per heavy atom. The summed E-state index contributed by atoms with van der Waals surface area (Å²) >= 11 is 0. The van der Waals surface area contributed by atoms with Crippen molar-refractivity contribution in [3.63, 3.8) is 0 Å². The maximum atomic E-state index is 11.5. The van der Waals surface area contributed by atoms with Gasteiger partial charge in [-0.2, -0.15) is 0 Å². The number of pyridine rings is 1. The van der Waals surface area contributed by atoms with Gasteiger partial charge >= 0.3 is 0 Å². The van der Waals surface area contributed by atoms with E-state index < -0.39 is 15.7 Å². The van der Waals surface area contributed by atoms with Crippen LogP contribution in [0.25, 0.3) is 0 Å². The lowest BCUT2D eigenvalue weighted by atomic mass is 10.0. The highest BCUT2D eigenvalue weighted by Crippen LogP contribution is 2.22. The Bertz CT molecular complexity index is 567. The molecule has 0 saturated heterocycles. The molecule has 0 aliphatic carbocycles. The first-order valence-corrected chi connectivity index (χ1v) is 7.21. The molecule has 0 spiro atoms. The summed E-state index contributed by atoms with van der Waals surface area (Å²) in [6.07, 6.45) is 2.04. The molecule has 0 atom stereocenters. The van der Waals surface area contributed by atoms with E-state index in [9.17, 15) is 13.2 Å². The van der Waals surface area contributed by atoms with Crippen LogP contribution in [0.4, 0.5) is 5.82 Å². The van der Waals surface area contributed by atoms with Gasteiger partial charge in [0.2, 0.25) is 0 Å². The fourth-order valence-electron chi connectivity index (χ4n) is 1.61. The van der Waals surface area contributed by atoms with Gasteiger partial charge in [0, 0.05) is 13.3 Å². The summed E-state index contributed by atoms with van der Waals surface area (Å²) < 4.78 is 23.0. The van der Waals surface area contributed by atoms with Crippen LogP contribution in [0.5, 0.6) is 0 Å². The second-order valence-electron chi connectivity index (χ2n) is 3.83. The number of primary amides is 1. The maximum absolute atomic E-state index is 11.5. The van der Waals surface area contributed by atoms with Gasteiger partial charge in [-0.25, -0.2) is 13.4 Å². The van der Waals surface area contributed by atoms with E-state index in [1.165, 1.54) is 6.07 Å². The SMILES string of the molecule is [CH2]CCc1cc(S(C)(=O)=O)nc(NC)c1C(N)=O. The van der Waals surface area contributed by atoms with E-state index >= 15 is 0 Å². The monoisotopic (exact) mass is 270 g/mol. The predicted molar refractivity (Wildman–Crippen MR) is 69.1 cm³/mol. The van der Waals surface area contributed by atoms with Gasteiger partial charge in [-0.15, -0.1) is 0 Å². The lowest BCUT2D eigenvalue weighted by molar-refractivity contribution is 0.0999. The second-order valence-corrected chi connectivity index (χ2v) is 5.80. The lowest BCUT2D eigenvalue weighted by Gasteiger charge is -2.12. The average Bonchev–Trinajstić information content (AvgIpc) is 2.26. The van der Waals surface area contributed by atoms with Crippen molar-refractivity contribution < 1.29 is 13.2 Å².